The van der Waals surface area contributed by atoms with E-state index < -0.39 is 10.0 Å². The van der Waals surface area contributed by atoms with Crippen LogP contribution in [0.15, 0.2) is 52.3 Å². The van der Waals surface area contributed by atoms with Crippen LogP contribution in [0.4, 0.5) is 5.13 Å². The van der Waals surface area contributed by atoms with Crippen molar-refractivity contribution in [2.24, 2.45) is 0 Å². The molecule has 1 aliphatic rings. The first-order valence-electron chi connectivity index (χ1n) is 10.3. The summed E-state index contributed by atoms with van der Waals surface area (Å²) in [6.07, 6.45) is 5.67. The van der Waals surface area contributed by atoms with Crippen LogP contribution in [0.3, 0.4) is 0 Å². The molecule has 6 nitrogen and oxygen atoms in total. The van der Waals surface area contributed by atoms with Crippen LogP contribution in [0, 0.1) is 0 Å². The van der Waals surface area contributed by atoms with Gasteiger partial charge in [0.25, 0.3) is 5.91 Å². The number of anilines is 1. The average molecular weight is 476 g/mol. The lowest BCUT2D eigenvalue weighted by molar-refractivity contribution is 0.102. The minimum absolute atomic E-state index is 0.0485. The van der Waals surface area contributed by atoms with Crippen LogP contribution in [0.5, 0.6) is 0 Å². The zero-order valence-electron chi connectivity index (χ0n) is 17.5. The predicted octanol–water partition coefficient (Wildman–Crippen LogP) is 5.22. The Hall–Kier alpha value is -1.94. The zero-order chi connectivity index (χ0) is 22.0. The molecule has 31 heavy (non-hydrogen) atoms. The highest BCUT2D eigenvalue weighted by Gasteiger charge is 2.32. The van der Waals surface area contributed by atoms with Gasteiger partial charge in [-0.15, -0.1) is 11.8 Å². The lowest BCUT2D eigenvalue weighted by atomic mass is 10.0. The first kappa shape index (κ1) is 22.3. The van der Waals surface area contributed by atoms with Crippen molar-refractivity contribution in [3.8, 4) is 0 Å². The standard InChI is InChI=1S/C22H25N3O3S3/c1-3-16-6-4-5-13-25(16)31(27,28)18-10-7-15(8-11-18)21(26)24-22-23-19-12-9-17(29-2)14-20(19)30-22/h7-12,14,16H,3-6,13H2,1-2H3,(H,23,24,26). The molecule has 1 amide bonds. The molecule has 1 atom stereocenters. The molecule has 1 saturated heterocycles. The summed E-state index contributed by atoms with van der Waals surface area (Å²) in [4.78, 5) is 18.5. The number of benzene rings is 2. The fourth-order valence-corrected chi connectivity index (χ4v) is 7.05. The number of sulfonamides is 1. The van der Waals surface area contributed by atoms with Crippen LogP contribution in [0.2, 0.25) is 0 Å². The summed E-state index contributed by atoms with van der Waals surface area (Å²) in [6, 6.07) is 12.2. The fourth-order valence-electron chi connectivity index (χ4n) is 3.87. The molecule has 1 aliphatic heterocycles. The molecule has 2 heterocycles. The molecule has 164 valence electrons. The highest BCUT2D eigenvalue weighted by atomic mass is 32.2. The molecule has 1 fully saturated rings. The number of carbonyl (C=O) groups excluding carboxylic acids is 1. The van der Waals surface area contributed by atoms with E-state index in [2.05, 4.69) is 16.4 Å². The normalized spacial score (nSPS) is 17.7. The van der Waals surface area contributed by atoms with Crippen LogP contribution in [0.1, 0.15) is 43.0 Å². The van der Waals surface area contributed by atoms with E-state index >= 15 is 0 Å². The topological polar surface area (TPSA) is 79.4 Å². The molecule has 0 radical (unpaired) electrons. The van der Waals surface area contributed by atoms with Gasteiger partial charge in [0.2, 0.25) is 10.0 Å². The van der Waals surface area contributed by atoms with Crippen molar-refractivity contribution in [2.45, 2.75) is 48.4 Å². The number of hydrogen-bond acceptors (Lipinski definition) is 6. The van der Waals surface area contributed by atoms with E-state index in [1.54, 1.807) is 28.2 Å². The second kappa shape index (κ2) is 9.28. The molecule has 0 spiro atoms. The third-order valence-corrected chi connectivity index (χ3v) is 9.21. The number of thioether (sulfide) groups is 1. The molecule has 1 unspecified atom stereocenters. The third kappa shape index (κ3) is 4.64. The summed E-state index contributed by atoms with van der Waals surface area (Å²) in [5, 5.41) is 3.35. The van der Waals surface area contributed by atoms with Gasteiger partial charge in [0, 0.05) is 23.0 Å². The van der Waals surface area contributed by atoms with Crippen molar-refractivity contribution < 1.29 is 13.2 Å². The SMILES string of the molecule is CCC1CCCCN1S(=O)(=O)c1ccc(C(=O)Nc2nc3ccc(SC)cc3s2)cc1. The predicted molar refractivity (Wildman–Crippen MR) is 128 cm³/mol. The lowest BCUT2D eigenvalue weighted by Crippen LogP contribution is -2.43. The summed E-state index contributed by atoms with van der Waals surface area (Å²) in [5.74, 6) is -0.308. The van der Waals surface area contributed by atoms with Gasteiger partial charge in [-0.2, -0.15) is 4.31 Å². The number of hydrogen-bond donors (Lipinski definition) is 1. The Morgan fingerprint density at radius 1 is 1.23 bits per heavy atom. The van der Waals surface area contributed by atoms with Gasteiger partial charge >= 0.3 is 0 Å². The number of fused-ring (bicyclic) bond motifs is 1. The quantitative estimate of drug-likeness (QED) is 0.494. The number of piperidine rings is 1. The number of thiazole rings is 1. The number of nitrogens with one attached hydrogen (secondary N) is 1. The molecule has 1 aromatic heterocycles. The number of nitrogens with zero attached hydrogens (tertiary/aromatic N) is 2. The summed E-state index contributed by atoms with van der Waals surface area (Å²) < 4.78 is 28.8. The smallest absolute Gasteiger partial charge is 0.257 e. The van der Waals surface area contributed by atoms with Crippen LogP contribution < -0.4 is 5.32 Å². The van der Waals surface area contributed by atoms with Crippen molar-refractivity contribution >= 4 is 54.4 Å². The average Bonchev–Trinajstić information content (AvgIpc) is 3.20. The zero-order valence-corrected chi connectivity index (χ0v) is 19.9. The maximum atomic E-state index is 13.1. The molecule has 0 aliphatic carbocycles. The van der Waals surface area contributed by atoms with Crippen molar-refractivity contribution in [3.63, 3.8) is 0 Å². The number of amides is 1. The maximum Gasteiger partial charge on any atom is 0.257 e. The molecular formula is C22H25N3O3S3. The first-order chi connectivity index (χ1) is 14.9. The monoisotopic (exact) mass is 475 g/mol. The highest BCUT2D eigenvalue weighted by molar-refractivity contribution is 7.98. The summed E-state index contributed by atoms with van der Waals surface area (Å²) >= 11 is 3.08. The van der Waals surface area contributed by atoms with E-state index in [-0.39, 0.29) is 16.8 Å². The number of aromatic nitrogens is 1. The summed E-state index contributed by atoms with van der Waals surface area (Å²) in [7, 11) is -3.56. The largest absolute Gasteiger partial charge is 0.298 e. The molecule has 1 N–H and O–H groups in total. The molecule has 2 aromatic carbocycles. The van der Waals surface area contributed by atoms with Crippen LogP contribution in [0.25, 0.3) is 10.2 Å². The number of rotatable bonds is 6. The van der Waals surface area contributed by atoms with E-state index in [0.717, 1.165) is 40.8 Å². The van der Waals surface area contributed by atoms with E-state index in [4.69, 9.17) is 0 Å². The maximum absolute atomic E-state index is 13.1. The summed E-state index contributed by atoms with van der Waals surface area (Å²) in [5.41, 5.74) is 1.24. The van der Waals surface area contributed by atoms with Gasteiger partial charge in [-0.05, 0) is 68.0 Å². The van der Waals surface area contributed by atoms with Gasteiger partial charge in [-0.1, -0.05) is 24.7 Å². The Kier molecular flexibility index (Phi) is 6.66. The van der Waals surface area contributed by atoms with Crippen molar-refractivity contribution in [3.05, 3.63) is 48.0 Å². The molecule has 9 heteroatoms. The van der Waals surface area contributed by atoms with Crippen molar-refractivity contribution in [1.82, 2.24) is 9.29 Å². The second-order valence-electron chi connectivity index (χ2n) is 7.50. The van der Waals surface area contributed by atoms with Crippen molar-refractivity contribution in [2.75, 3.05) is 18.1 Å². The van der Waals surface area contributed by atoms with Crippen LogP contribution in [-0.2, 0) is 10.0 Å². The van der Waals surface area contributed by atoms with Crippen LogP contribution >= 0.6 is 23.1 Å². The number of carbonyl (C=O) groups is 1. The third-order valence-electron chi connectivity index (χ3n) is 5.58. The van der Waals surface area contributed by atoms with E-state index in [9.17, 15) is 13.2 Å². The van der Waals surface area contributed by atoms with Crippen molar-refractivity contribution in [1.29, 1.82) is 0 Å². The fraction of sp³-hybridized carbons (Fsp3) is 0.364. The second-order valence-corrected chi connectivity index (χ2v) is 11.3. The minimum atomic E-state index is -3.56. The van der Waals surface area contributed by atoms with Crippen LogP contribution in [-0.4, -0.2) is 42.5 Å². The molecule has 0 bridgehead atoms. The Balaban J connectivity index is 1.50. The summed E-state index contributed by atoms with van der Waals surface area (Å²) in [6.45, 7) is 2.58. The van der Waals surface area contributed by atoms with Gasteiger partial charge in [-0.25, -0.2) is 13.4 Å². The van der Waals surface area contributed by atoms with Gasteiger partial charge in [-0.3, -0.25) is 10.1 Å². The highest BCUT2D eigenvalue weighted by Crippen LogP contribution is 2.30. The molecule has 3 aromatic rings. The molecular weight excluding hydrogens is 450 g/mol. The first-order valence-corrected chi connectivity index (χ1v) is 13.8. The lowest BCUT2D eigenvalue weighted by Gasteiger charge is -2.34. The Labute approximate surface area is 191 Å². The molecule has 4 rings (SSSR count). The Morgan fingerprint density at radius 2 is 2.00 bits per heavy atom. The van der Waals surface area contributed by atoms with E-state index in [1.165, 1.54) is 23.5 Å². The Morgan fingerprint density at radius 3 is 2.71 bits per heavy atom. The molecule has 0 saturated carbocycles. The van der Waals surface area contributed by atoms with Gasteiger partial charge in [0.05, 0.1) is 15.1 Å². The van der Waals surface area contributed by atoms with Gasteiger partial charge in [0.1, 0.15) is 0 Å². The Bertz CT molecular complexity index is 1190. The van der Waals surface area contributed by atoms with Gasteiger partial charge in [0.15, 0.2) is 5.13 Å². The minimum Gasteiger partial charge on any atom is -0.298 e. The van der Waals surface area contributed by atoms with E-state index in [1.807, 2.05) is 25.3 Å². The van der Waals surface area contributed by atoms with E-state index in [0.29, 0.717) is 17.2 Å². The van der Waals surface area contributed by atoms with Gasteiger partial charge < -0.3 is 0 Å².